The third kappa shape index (κ3) is 97.4. The Bertz CT molecular complexity index is 2920. The van der Waals surface area contributed by atoms with E-state index in [9.17, 15) is 43.5 Å². The fraction of sp³-hybridized carbons (Fsp3) is 0.705. The smallest absolute Gasteiger partial charge is 0.463 e. The van der Waals surface area contributed by atoms with Gasteiger partial charge in [0.25, 0.3) is 0 Å². The predicted octanol–water partition coefficient (Wildman–Crippen LogP) is 31.0. The number of aliphatic hydroxyl groups excluding tert-OH is 2. The molecule has 0 radical (unpaired) electrons. The molecule has 0 saturated heterocycles. The minimum atomic E-state index is -4.95. The van der Waals surface area contributed by atoms with E-state index in [1.165, 1.54) is 193 Å². The van der Waals surface area contributed by atoms with Crippen LogP contribution >= 0.6 is 15.6 Å². The molecule has 0 fully saturated rings. The van der Waals surface area contributed by atoms with Crippen LogP contribution in [0.15, 0.2) is 170 Å². The van der Waals surface area contributed by atoms with Gasteiger partial charge in [-0.15, -0.1) is 0 Å². The number of hydrogen-bond acceptors (Lipinski definition) is 14. The topological polar surface area (TPSA) is 231 Å². The summed E-state index contributed by atoms with van der Waals surface area (Å²) in [6.07, 6.45) is 125. The minimum Gasteiger partial charge on any atom is -0.463 e. The summed E-state index contributed by atoms with van der Waals surface area (Å²) in [5.74, 6) is -1.57. The average Bonchev–Trinajstić information content (AvgIpc) is 0.893. The van der Waals surface area contributed by atoms with Crippen molar-refractivity contribution in [1.29, 1.82) is 0 Å². The molecule has 5 atom stereocenters. The molecule has 0 aromatic carbocycles. The number of ether oxygens (including phenoxy) is 3. The zero-order valence-corrected chi connectivity index (χ0v) is 79.9. The maximum Gasteiger partial charge on any atom is 0.472 e. The van der Waals surface area contributed by atoms with Crippen molar-refractivity contribution in [2.75, 3.05) is 39.6 Å². The number of carbonyl (C=O) groups excluding carboxylic acids is 3. The van der Waals surface area contributed by atoms with E-state index >= 15 is 0 Å². The largest absolute Gasteiger partial charge is 0.472 e. The predicted molar refractivity (Wildman–Crippen MR) is 519 cm³/mol. The van der Waals surface area contributed by atoms with Crippen LogP contribution in [0, 0.1) is 0 Å². The Balaban J connectivity index is 4.57. The van der Waals surface area contributed by atoms with Gasteiger partial charge >= 0.3 is 33.6 Å². The Morgan fingerprint density at radius 2 is 0.431 bits per heavy atom. The van der Waals surface area contributed by atoms with Crippen LogP contribution in [0.1, 0.15) is 419 Å². The fourth-order valence-corrected chi connectivity index (χ4v) is 15.1. The van der Waals surface area contributed by atoms with Crippen LogP contribution in [0.4, 0.5) is 0 Å². The van der Waals surface area contributed by atoms with Gasteiger partial charge in [-0.2, -0.15) is 0 Å². The highest BCUT2D eigenvalue weighted by Gasteiger charge is 2.30. The number of rotatable bonds is 93. The van der Waals surface area contributed by atoms with Gasteiger partial charge in [0.1, 0.15) is 25.4 Å². The van der Waals surface area contributed by atoms with Crippen LogP contribution in [-0.4, -0.2) is 95.9 Å². The fourth-order valence-electron chi connectivity index (χ4n) is 13.5. The monoisotopic (exact) mass is 1760 g/mol. The van der Waals surface area contributed by atoms with Crippen LogP contribution in [0.3, 0.4) is 0 Å². The molecule has 4 N–H and O–H groups in total. The number of esters is 3. The van der Waals surface area contributed by atoms with Crippen molar-refractivity contribution in [2.45, 2.75) is 437 Å². The van der Waals surface area contributed by atoms with Crippen LogP contribution in [0.25, 0.3) is 0 Å². The van der Waals surface area contributed by atoms with E-state index in [4.69, 9.17) is 32.3 Å². The summed E-state index contributed by atoms with van der Waals surface area (Å²) in [6, 6.07) is 0. The third-order valence-electron chi connectivity index (χ3n) is 20.9. The zero-order chi connectivity index (χ0) is 89.3. The Labute approximate surface area is 752 Å². The lowest BCUT2D eigenvalue weighted by Crippen LogP contribution is -2.30. The lowest BCUT2D eigenvalue weighted by atomic mass is 10.0. The SMILES string of the molecule is CC/C=C\C/C=C\C/C=C\C/C=C\C/C=C\CCCCCCCCCCCCCC(=O)OCC(COP(=O)(O)OCC(O)COP(=O)(O)OCC(O)COC(=O)CCCCCCCCCCCCCCCCCCCCC/C=C\C/C=C\C/C=C\C/C=C\CCCCC)OC(=O)CCCCCCCCCCC/C=C\C/C=C\C/C=C\C/C=C\C/C=C\CC. The lowest BCUT2D eigenvalue weighted by Gasteiger charge is -2.21. The maximum absolute atomic E-state index is 13.1. The molecule has 0 spiro atoms. The molecule has 0 aliphatic carbocycles. The third-order valence-corrected chi connectivity index (χ3v) is 22.8. The van der Waals surface area contributed by atoms with E-state index in [1.54, 1.807) is 0 Å². The van der Waals surface area contributed by atoms with E-state index in [1.807, 2.05) is 0 Å². The van der Waals surface area contributed by atoms with E-state index in [-0.39, 0.29) is 19.3 Å². The Hall–Kier alpha value is -5.09. The summed E-state index contributed by atoms with van der Waals surface area (Å²) < 4.78 is 61.6. The van der Waals surface area contributed by atoms with E-state index in [2.05, 4.69) is 191 Å². The second-order valence-electron chi connectivity index (χ2n) is 32.8. The molecule has 0 aliphatic heterocycles. The Morgan fingerprint density at radius 1 is 0.236 bits per heavy atom. The molecular formula is C105H180O16P2. The van der Waals surface area contributed by atoms with Crippen molar-refractivity contribution in [3.05, 3.63) is 170 Å². The molecule has 123 heavy (non-hydrogen) atoms. The van der Waals surface area contributed by atoms with Gasteiger partial charge in [0.2, 0.25) is 0 Å². The number of hydrogen-bond donors (Lipinski definition) is 4. The second-order valence-corrected chi connectivity index (χ2v) is 35.7. The molecule has 0 amide bonds. The van der Waals surface area contributed by atoms with E-state index in [0.29, 0.717) is 19.3 Å². The summed E-state index contributed by atoms with van der Waals surface area (Å²) >= 11 is 0. The van der Waals surface area contributed by atoms with E-state index < -0.39 is 91.5 Å². The van der Waals surface area contributed by atoms with Gasteiger partial charge in [0, 0.05) is 19.3 Å². The summed E-state index contributed by atoms with van der Waals surface area (Å²) in [5.41, 5.74) is 0. The number of aliphatic hydroxyl groups is 2. The average molecular weight is 1760 g/mol. The maximum atomic E-state index is 13.1. The van der Waals surface area contributed by atoms with Gasteiger partial charge in [0.15, 0.2) is 6.10 Å². The van der Waals surface area contributed by atoms with Gasteiger partial charge in [0.05, 0.1) is 26.4 Å². The molecule has 0 saturated carbocycles. The molecule has 706 valence electrons. The molecule has 0 aromatic heterocycles. The van der Waals surface area contributed by atoms with Crippen LogP contribution in [0.5, 0.6) is 0 Å². The van der Waals surface area contributed by atoms with Gasteiger partial charge in [-0.3, -0.25) is 32.5 Å². The van der Waals surface area contributed by atoms with Crippen molar-refractivity contribution in [2.24, 2.45) is 0 Å². The first-order valence-electron chi connectivity index (χ1n) is 49.4. The molecule has 16 nitrogen and oxygen atoms in total. The molecule has 0 heterocycles. The molecule has 0 bridgehead atoms. The quantitative estimate of drug-likeness (QED) is 0.0146. The van der Waals surface area contributed by atoms with E-state index in [0.717, 1.165) is 167 Å². The number of allylic oxidation sites excluding steroid dienone is 28. The summed E-state index contributed by atoms with van der Waals surface area (Å²) in [7, 11) is -9.82. The first-order valence-corrected chi connectivity index (χ1v) is 52.4. The number of phosphoric acid groups is 2. The normalized spacial score (nSPS) is 14.4. The van der Waals surface area contributed by atoms with Gasteiger partial charge in [-0.1, -0.05) is 416 Å². The second kappa shape index (κ2) is 96.0. The number of unbranched alkanes of at least 4 members (excludes halogenated alkanes) is 42. The molecule has 18 heteroatoms. The Morgan fingerprint density at radius 3 is 0.683 bits per heavy atom. The van der Waals surface area contributed by atoms with Crippen molar-refractivity contribution < 1.29 is 75.8 Å². The first-order chi connectivity index (χ1) is 60.2. The van der Waals surface area contributed by atoms with Crippen LogP contribution in [0.2, 0.25) is 0 Å². The highest BCUT2D eigenvalue weighted by Crippen LogP contribution is 2.45. The molecule has 0 rings (SSSR count). The van der Waals surface area contributed by atoms with Crippen LogP contribution < -0.4 is 0 Å². The summed E-state index contributed by atoms with van der Waals surface area (Å²) in [6.45, 7) is 2.48. The van der Waals surface area contributed by atoms with Gasteiger partial charge < -0.3 is 34.2 Å². The summed E-state index contributed by atoms with van der Waals surface area (Å²) in [5, 5.41) is 20.8. The number of phosphoric ester groups is 2. The van der Waals surface area contributed by atoms with Crippen molar-refractivity contribution in [3.8, 4) is 0 Å². The summed E-state index contributed by atoms with van der Waals surface area (Å²) in [4.78, 5) is 59.1. The zero-order valence-electron chi connectivity index (χ0n) is 78.1. The standard InChI is InChI=1S/C105H180O16P2/c1-4-7-10-13-16-19-22-25-28-31-34-37-40-43-45-46-47-48-49-50-51-52-54-57-58-61-64-67-70-73-76-79-82-85-88-91-103(108)115-94-100(106)95-117-122(111,112)118-96-101(107)97-119-123(113,114)120-99-102(121-105(110)93-90-87-84-81-78-75-72-69-66-63-60-55-42-39-36-33-30-27-24-21-18-15-12-9-6-3)98-116-104(109)92-89-86-83-80-77-74-71-68-65-62-59-56-53-44-41-38-35-32-29-26-23-20-17-14-11-8-5-2/h8-9,11-12,16-21,25-30,34-39,43-45,53,55,60,100-102,106-107H,4-7,10,13-15,22-24,31-33,40-42,46-52,54,56-59,61-99H2,1-3H3,(H,111,112)(H,113,114)/b11-8-,12-9-,19-16-,20-17-,21-18-,28-25-,29-26-,30-27-,37-34-,38-35-,39-36-,45-43-,53-44-,60-55-. The number of carbonyl (C=O) groups is 3. The highest BCUT2D eigenvalue weighted by molar-refractivity contribution is 7.47. The van der Waals surface area contributed by atoms with Gasteiger partial charge in [-0.25, -0.2) is 9.13 Å². The Kier molecular flexibility index (Phi) is 92.0. The highest BCUT2D eigenvalue weighted by atomic mass is 31.2. The molecular weight excluding hydrogens is 1580 g/mol. The molecule has 5 unspecified atom stereocenters. The van der Waals surface area contributed by atoms with Crippen molar-refractivity contribution in [1.82, 2.24) is 0 Å². The minimum absolute atomic E-state index is 0.0922. The molecule has 0 aromatic rings. The lowest BCUT2D eigenvalue weighted by molar-refractivity contribution is -0.161. The van der Waals surface area contributed by atoms with Gasteiger partial charge in [-0.05, 0) is 154 Å². The van der Waals surface area contributed by atoms with Crippen LogP contribution in [-0.2, 0) is 55.8 Å². The molecule has 0 aliphatic rings. The first kappa shape index (κ1) is 118. The van der Waals surface area contributed by atoms with Crippen molar-refractivity contribution >= 4 is 33.6 Å². The van der Waals surface area contributed by atoms with Crippen molar-refractivity contribution in [3.63, 3.8) is 0 Å².